The predicted molar refractivity (Wildman–Crippen MR) is 150 cm³/mol. The van der Waals surface area contributed by atoms with Gasteiger partial charge in [0.05, 0.1) is 33.3 Å². The zero-order chi connectivity index (χ0) is 29.1. The van der Waals surface area contributed by atoms with Crippen LogP contribution in [0.25, 0.3) is 0 Å². The van der Waals surface area contributed by atoms with Gasteiger partial charge in [-0.3, -0.25) is 9.44 Å². The molecule has 0 unspecified atom stereocenters. The lowest BCUT2D eigenvalue weighted by Gasteiger charge is -2.15. The molecule has 0 fully saturated rings. The van der Waals surface area contributed by atoms with Crippen LogP contribution in [-0.4, -0.2) is 33.0 Å². The van der Waals surface area contributed by atoms with Gasteiger partial charge in [0.2, 0.25) is 0 Å². The summed E-state index contributed by atoms with van der Waals surface area (Å²) in [6.07, 6.45) is 0. The second-order valence-corrected chi connectivity index (χ2v) is 12.3. The van der Waals surface area contributed by atoms with Crippen LogP contribution in [0, 0.1) is 13.8 Å². The molecule has 0 radical (unpaired) electrons. The number of aryl methyl sites for hydroxylation is 2. The molecule has 0 saturated heterocycles. The summed E-state index contributed by atoms with van der Waals surface area (Å²) in [4.78, 5) is 12.0. The number of carboxylic acid groups (broad SMARTS) is 1. The average Bonchev–Trinajstić information content (AvgIpc) is 2.90. The molecule has 0 heterocycles. The molecule has 0 aliphatic rings. The Kier molecular flexibility index (Phi) is 8.14. The topological polar surface area (TPSA) is 159 Å². The molecule has 4 rings (SSSR count). The van der Waals surface area contributed by atoms with Crippen molar-refractivity contribution in [2.45, 2.75) is 30.2 Å². The minimum absolute atomic E-state index is 0.0237. The molecule has 0 atom stereocenters. The fourth-order valence-corrected chi connectivity index (χ4v) is 5.88. The van der Waals surface area contributed by atoms with Crippen LogP contribution in [0.5, 0.6) is 11.5 Å². The summed E-state index contributed by atoms with van der Waals surface area (Å²) in [7, 11) is -7.96. The summed E-state index contributed by atoms with van der Waals surface area (Å²) < 4.78 is 61.6. The standard InChI is InChI=1S/C28H26N2O8S2/c1-18-3-9-23(10-4-18)39(34,35)29-26-13-7-21(15-20(26)17-31)38-22-8-14-27(25(16-22)28(32)33)30-40(36,37)24-11-5-19(2)6-12-24/h3-16,29-31H,17H2,1-2H3,(H,32,33). The highest BCUT2D eigenvalue weighted by Gasteiger charge is 2.20. The van der Waals surface area contributed by atoms with Crippen LogP contribution in [0.2, 0.25) is 0 Å². The van der Waals surface area contributed by atoms with Gasteiger partial charge < -0.3 is 14.9 Å². The predicted octanol–water partition coefficient (Wildman–Crippen LogP) is 4.89. The molecule has 208 valence electrons. The van der Waals surface area contributed by atoms with Gasteiger partial charge in [-0.2, -0.15) is 0 Å². The van der Waals surface area contributed by atoms with Crippen molar-refractivity contribution < 1.29 is 36.6 Å². The molecule has 0 amide bonds. The number of aromatic carboxylic acids is 1. The third-order valence-electron chi connectivity index (χ3n) is 5.86. The summed E-state index contributed by atoms with van der Waals surface area (Å²) in [6, 6.07) is 20.4. The van der Waals surface area contributed by atoms with Crippen LogP contribution >= 0.6 is 0 Å². The molecule has 40 heavy (non-hydrogen) atoms. The zero-order valence-corrected chi connectivity index (χ0v) is 23.1. The third-order valence-corrected chi connectivity index (χ3v) is 8.62. The van der Waals surface area contributed by atoms with Gasteiger partial charge in [0, 0.05) is 5.56 Å². The van der Waals surface area contributed by atoms with Crippen molar-refractivity contribution in [3.05, 3.63) is 107 Å². The van der Waals surface area contributed by atoms with E-state index in [9.17, 15) is 31.8 Å². The number of hydrogen-bond donors (Lipinski definition) is 4. The van der Waals surface area contributed by atoms with Gasteiger partial charge in [-0.05, 0) is 74.5 Å². The lowest BCUT2D eigenvalue weighted by atomic mass is 10.1. The maximum Gasteiger partial charge on any atom is 0.337 e. The normalized spacial score (nSPS) is 11.6. The Hall–Kier alpha value is -4.39. The molecule has 10 nitrogen and oxygen atoms in total. The van der Waals surface area contributed by atoms with Crippen molar-refractivity contribution >= 4 is 37.4 Å². The van der Waals surface area contributed by atoms with Gasteiger partial charge in [0.1, 0.15) is 11.5 Å². The van der Waals surface area contributed by atoms with Gasteiger partial charge in [-0.25, -0.2) is 21.6 Å². The number of ether oxygens (including phenoxy) is 1. The Morgan fingerprint density at radius 2 is 1.15 bits per heavy atom. The molecule has 0 aliphatic carbocycles. The van der Waals surface area contributed by atoms with Gasteiger partial charge in [-0.1, -0.05) is 35.4 Å². The molecular weight excluding hydrogens is 556 g/mol. The number of aliphatic hydroxyl groups is 1. The number of carbonyl (C=O) groups is 1. The van der Waals surface area contributed by atoms with Crippen molar-refractivity contribution in [2.24, 2.45) is 0 Å². The monoisotopic (exact) mass is 582 g/mol. The van der Waals surface area contributed by atoms with E-state index in [0.717, 1.165) is 17.2 Å². The first kappa shape index (κ1) is 28.6. The van der Waals surface area contributed by atoms with Crippen LogP contribution in [0.3, 0.4) is 0 Å². The second kappa shape index (κ2) is 11.4. The van der Waals surface area contributed by atoms with E-state index < -0.39 is 32.6 Å². The maximum atomic E-state index is 12.8. The van der Waals surface area contributed by atoms with Crippen molar-refractivity contribution in [2.75, 3.05) is 9.44 Å². The van der Waals surface area contributed by atoms with E-state index in [4.69, 9.17) is 4.74 Å². The highest BCUT2D eigenvalue weighted by Crippen LogP contribution is 2.31. The number of anilines is 2. The Balaban J connectivity index is 1.56. The van der Waals surface area contributed by atoms with E-state index in [-0.39, 0.29) is 43.8 Å². The maximum absolute atomic E-state index is 12.8. The highest BCUT2D eigenvalue weighted by molar-refractivity contribution is 7.93. The molecule has 0 aromatic heterocycles. The molecule has 12 heteroatoms. The summed E-state index contributed by atoms with van der Waals surface area (Å²) in [5, 5.41) is 19.6. The molecule has 0 aliphatic heterocycles. The van der Waals surface area contributed by atoms with E-state index >= 15 is 0 Å². The molecule has 4 aromatic carbocycles. The fourth-order valence-electron chi connectivity index (χ4n) is 3.70. The number of benzene rings is 4. The van der Waals surface area contributed by atoms with E-state index in [1.807, 2.05) is 13.8 Å². The Morgan fingerprint density at radius 1 is 0.700 bits per heavy atom. The first-order chi connectivity index (χ1) is 18.9. The van der Waals surface area contributed by atoms with E-state index in [0.29, 0.717) is 0 Å². The Bertz CT molecular complexity index is 1770. The number of aliphatic hydroxyl groups excluding tert-OH is 1. The quantitative estimate of drug-likeness (QED) is 0.206. The molecule has 0 bridgehead atoms. The number of rotatable bonds is 10. The highest BCUT2D eigenvalue weighted by atomic mass is 32.2. The summed E-state index contributed by atoms with van der Waals surface area (Å²) in [5.41, 5.74) is 1.62. The van der Waals surface area contributed by atoms with Crippen molar-refractivity contribution in [1.29, 1.82) is 0 Å². The number of nitrogens with one attached hydrogen (secondary N) is 2. The number of hydrogen-bond acceptors (Lipinski definition) is 7. The van der Waals surface area contributed by atoms with Gasteiger partial charge in [0.25, 0.3) is 20.0 Å². The first-order valence-corrected chi connectivity index (χ1v) is 14.8. The van der Waals surface area contributed by atoms with Crippen molar-refractivity contribution in [3.63, 3.8) is 0 Å². The van der Waals surface area contributed by atoms with Crippen LogP contribution in [0.15, 0.2) is 94.7 Å². The van der Waals surface area contributed by atoms with Crippen LogP contribution in [0.1, 0.15) is 27.0 Å². The average molecular weight is 583 g/mol. The zero-order valence-electron chi connectivity index (χ0n) is 21.5. The molecule has 4 N–H and O–H groups in total. The van der Waals surface area contributed by atoms with Crippen LogP contribution < -0.4 is 14.2 Å². The molecule has 0 spiro atoms. The lowest BCUT2D eigenvalue weighted by molar-refractivity contribution is 0.0697. The van der Waals surface area contributed by atoms with Gasteiger partial charge in [0.15, 0.2) is 0 Å². The lowest BCUT2D eigenvalue weighted by Crippen LogP contribution is -2.15. The van der Waals surface area contributed by atoms with Gasteiger partial charge in [-0.15, -0.1) is 0 Å². The minimum Gasteiger partial charge on any atom is -0.478 e. The summed E-state index contributed by atoms with van der Waals surface area (Å²) in [6.45, 7) is 3.14. The SMILES string of the molecule is Cc1ccc(S(=O)(=O)Nc2ccc(Oc3ccc(NS(=O)(=O)c4ccc(C)cc4)c(C(=O)O)c3)cc2CO)cc1. The smallest absolute Gasteiger partial charge is 0.337 e. The number of carboxylic acids is 1. The van der Waals surface area contributed by atoms with Crippen molar-refractivity contribution in [1.82, 2.24) is 0 Å². The second-order valence-electron chi connectivity index (χ2n) is 8.93. The third kappa shape index (κ3) is 6.60. The van der Waals surface area contributed by atoms with Gasteiger partial charge >= 0.3 is 5.97 Å². The summed E-state index contributed by atoms with van der Waals surface area (Å²) in [5.74, 6) is -1.12. The minimum atomic E-state index is -4.05. The fraction of sp³-hybridized carbons (Fsp3) is 0.107. The largest absolute Gasteiger partial charge is 0.478 e. The van der Waals surface area contributed by atoms with E-state index in [1.54, 1.807) is 24.3 Å². The Labute approximate surface area is 232 Å². The van der Waals surface area contributed by atoms with Crippen LogP contribution in [-0.2, 0) is 26.7 Å². The van der Waals surface area contributed by atoms with E-state index in [1.165, 1.54) is 54.6 Å². The summed E-state index contributed by atoms with van der Waals surface area (Å²) >= 11 is 0. The Morgan fingerprint density at radius 3 is 1.62 bits per heavy atom. The first-order valence-electron chi connectivity index (χ1n) is 11.9. The number of sulfonamides is 2. The van der Waals surface area contributed by atoms with Crippen LogP contribution in [0.4, 0.5) is 11.4 Å². The molecule has 4 aromatic rings. The van der Waals surface area contributed by atoms with E-state index in [2.05, 4.69) is 9.44 Å². The van der Waals surface area contributed by atoms with Crippen molar-refractivity contribution in [3.8, 4) is 11.5 Å². The molecular formula is C28H26N2O8S2. The molecule has 0 saturated carbocycles.